The van der Waals surface area contributed by atoms with Crippen LogP contribution in [0.25, 0.3) is 21.2 Å². The summed E-state index contributed by atoms with van der Waals surface area (Å²) in [5, 5.41) is 12.2. The Bertz CT molecular complexity index is 1820. The average Bonchev–Trinajstić information content (AvgIpc) is 3.66. The van der Waals surface area contributed by atoms with Crippen molar-refractivity contribution in [3.05, 3.63) is 89.4 Å². The van der Waals surface area contributed by atoms with E-state index < -0.39 is 23.5 Å². The van der Waals surface area contributed by atoms with E-state index in [0.29, 0.717) is 51.0 Å². The molecule has 5 aromatic rings. The molecule has 202 valence electrons. The Hall–Kier alpha value is -4.83. The second-order valence-electron chi connectivity index (χ2n) is 8.99. The molecule has 1 aliphatic heterocycles. The average molecular weight is 557 g/mol. The summed E-state index contributed by atoms with van der Waals surface area (Å²) in [7, 11) is 3.08. The van der Waals surface area contributed by atoms with Gasteiger partial charge in [0.25, 0.3) is 5.91 Å². The van der Waals surface area contributed by atoms with Gasteiger partial charge in [-0.1, -0.05) is 35.6 Å². The van der Waals surface area contributed by atoms with Crippen LogP contribution in [0, 0.1) is 0 Å². The van der Waals surface area contributed by atoms with E-state index in [9.17, 15) is 14.7 Å². The molecule has 0 radical (unpaired) electrons. The van der Waals surface area contributed by atoms with Gasteiger partial charge in [0.15, 0.2) is 28.0 Å². The summed E-state index contributed by atoms with van der Waals surface area (Å²) in [6.45, 7) is 2.30. The van der Waals surface area contributed by atoms with Crippen LogP contribution in [-0.2, 0) is 4.79 Å². The first-order valence-corrected chi connectivity index (χ1v) is 13.3. The highest BCUT2D eigenvalue weighted by Crippen LogP contribution is 2.45. The number of hydrogen-bond donors (Lipinski definition) is 1. The molecular weight excluding hydrogens is 532 g/mol. The van der Waals surface area contributed by atoms with Crippen molar-refractivity contribution in [3.8, 4) is 17.2 Å². The zero-order valence-corrected chi connectivity index (χ0v) is 22.7. The van der Waals surface area contributed by atoms with Crippen LogP contribution in [0.4, 0.5) is 5.13 Å². The number of aliphatic hydroxyl groups is 1. The summed E-state index contributed by atoms with van der Waals surface area (Å²) >= 11 is 1.25. The van der Waals surface area contributed by atoms with Crippen molar-refractivity contribution < 1.29 is 33.3 Å². The molecule has 1 N–H and O–H groups in total. The molecule has 1 atom stereocenters. The van der Waals surface area contributed by atoms with Crippen LogP contribution in [0.1, 0.15) is 29.1 Å². The largest absolute Gasteiger partial charge is 0.503 e. The molecule has 1 unspecified atom stereocenters. The molecular formula is C30H24N2O7S. The molecule has 40 heavy (non-hydrogen) atoms. The number of ether oxygens (including phenoxy) is 3. The minimum absolute atomic E-state index is 0.0318. The third kappa shape index (κ3) is 4.13. The molecule has 0 aliphatic carbocycles. The van der Waals surface area contributed by atoms with Crippen LogP contribution in [0.15, 0.2) is 82.5 Å². The minimum atomic E-state index is -0.988. The van der Waals surface area contributed by atoms with Crippen LogP contribution in [0.3, 0.4) is 0 Å². The highest BCUT2D eigenvalue weighted by Gasteiger charge is 2.46. The number of methoxy groups -OCH3 is 2. The van der Waals surface area contributed by atoms with E-state index in [1.54, 1.807) is 67.8 Å². The standard InChI is InChI=1S/C30H24N2O7S/c1-4-38-19-9-5-7-16(13-19)25-24(26(33)22-14-17-8-6-10-21(37-3)28(17)39-22)27(34)29(35)32(25)30-31-20-12-11-18(36-2)15-23(20)40-30/h5-15,25,34H,4H2,1-3H3. The number of hydrogen-bond acceptors (Lipinski definition) is 9. The maximum atomic E-state index is 14.0. The summed E-state index contributed by atoms with van der Waals surface area (Å²) in [4.78, 5) is 33.7. The summed E-state index contributed by atoms with van der Waals surface area (Å²) in [5.41, 5.74) is 1.49. The van der Waals surface area contributed by atoms with Crippen LogP contribution in [0.2, 0.25) is 0 Å². The maximum absolute atomic E-state index is 14.0. The molecule has 10 heteroatoms. The SMILES string of the molecule is CCOc1cccc(C2C(C(=O)c3cc4cccc(OC)c4o3)=C(O)C(=O)N2c2nc3ccc(OC)cc3s2)c1. The Morgan fingerprint density at radius 3 is 2.65 bits per heavy atom. The lowest BCUT2D eigenvalue weighted by atomic mass is 9.95. The lowest BCUT2D eigenvalue weighted by Crippen LogP contribution is -2.31. The topological polar surface area (TPSA) is 111 Å². The summed E-state index contributed by atoms with van der Waals surface area (Å²) < 4.78 is 23.1. The fourth-order valence-electron chi connectivity index (χ4n) is 4.86. The van der Waals surface area contributed by atoms with E-state index in [1.165, 1.54) is 23.3 Å². The van der Waals surface area contributed by atoms with Crippen molar-refractivity contribution in [3.63, 3.8) is 0 Å². The first-order chi connectivity index (χ1) is 19.4. The minimum Gasteiger partial charge on any atom is -0.503 e. The van der Waals surface area contributed by atoms with Gasteiger partial charge < -0.3 is 23.7 Å². The third-order valence-corrected chi connectivity index (χ3v) is 7.70. The summed E-state index contributed by atoms with van der Waals surface area (Å²) in [6, 6.07) is 18.4. The van der Waals surface area contributed by atoms with Crippen molar-refractivity contribution in [1.82, 2.24) is 4.98 Å². The Balaban J connectivity index is 1.50. The third-order valence-electron chi connectivity index (χ3n) is 6.68. The van der Waals surface area contributed by atoms with Crippen LogP contribution >= 0.6 is 11.3 Å². The fourth-order valence-corrected chi connectivity index (χ4v) is 5.88. The molecule has 0 saturated heterocycles. The highest BCUT2D eigenvalue weighted by molar-refractivity contribution is 7.22. The molecule has 3 aromatic carbocycles. The Morgan fingerprint density at radius 2 is 1.88 bits per heavy atom. The van der Waals surface area contributed by atoms with Crippen LogP contribution in [-0.4, -0.2) is 42.6 Å². The van der Waals surface area contributed by atoms with Gasteiger partial charge in [0.1, 0.15) is 11.5 Å². The van der Waals surface area contributed by atoms with E-state index in [0.717, 1.165) is 4.70 Å². The number of para-hydroxylation sites is 1. The molecule has 9 nitrogen and oxygen atoms in total. The molecule has 0 spiro atoms. The van der Waals surface area contributed by atoms with Gasteiger partial charge >= 0.3 is 0 Å². The molecule has 0 saturated carbocycles. The van der Waals surface area contributed by atoms with Crippen molar-refractivity contribution in [2.24, 2.45) is 0 Å². The first-order valence-electron chi connectivity index (χ1n) is 12.5. The Morgan fingerprint density at radius 1 is 1.05 bits per heavy atom. The number of anilines is 1. The number of furan rings is 1. The molecule has 0 fully saturated rings. The van der Waals surface area contributed by atoms with Crippen LogP contribution < -0.4 is 19.1 Å². The van der Waals surface area contributed by atoms with Gasteiger partial charge in [0.2, 0.25) is 5.78 Å². The zero-order valence-electron chi connectivity index (χ0n) is 21.8. The number of Topliss-reactive ketones (excluding diaryl/α,β-unsaturated/α-hetero) is 1. The number of aromatic nitrogens is 1. The number of carbonyl (C=O) groups is 2. The van der Waals surface area contributed by atoms with E-state index in [-0.39, 0.29) is 11.3 Å². The summed E-state index contributed by atoms with van der Waals surface area (Å²) in [5.74, 6) is -0.390. The molecule has 3 heterocycles. The van der Waals surface area contributed by atoms with Crippen molar-refractivity contribution in [1.29, 1.82) is 0 Å². The van der Waals surface area contributed by atoms with Gasteiger partial charge in [-0.15, -0.1) is 0 Å². The van der Waals surface area contributed by atoms with Crippen molar-refractivity contribution in [2.45, 2.75) is 13.0 Å². The first kappa shape index (κ1) is 25.4. The Kier molecular flexibility index (Phi) is 6.39. The number of nitrogens with zero attached hydrogens (tertiary/aromatic N) is 2. The van der Waals surface area contributed by atoms with Gasteiger partial charge in [-0.25, -0.2) is 4.98 Å². The molecule has 2 aromatic heterocycles. The second-order valence-corrected chi connectivity index (χ2v) is 10.0. The highest BCUT2D eigenvalue weighted by atomic mass is 32.1. The number of aliphatic hydroxyl groups excluding tert-OH is 1. The predicted molar refractivity (Wildman–Crippen MR) is 151 cm³/mol. The number of thiazole rings is 1. The molecule has 1 aliphatic rings. The number of rotatable bonds is 8. The lowest BCUT2D eigenvalue weighted by Gasteiger charge is -2.24. The number of benzene rings is 3. The van der Waals surface area contributed by atoms with Gasteiger partial charge in [-0.3, -0.25) is 14.5 Å². The van der Waals surface area contributed by atoms with E-state index in [1.807, 2.05) is 13.0 Å². The van der Waals surface area contributed by atoms with Gasteiger partial charge in [0.05, 0.1) is 42.7 Å². The monoisotopic (exact) mass is 556 g/mol. The van der Waals surface area contributed by atoms with E-state index in [4.69, 9.17) is 18.6 Å². The van der Waals surface area contributed by atoms with Crippen molar-refractivity contribution in [2.75, 3.05) is 25.7 Å². The zero-order chi connectivity index (χ0) is 28.0. The normalized spacial score (nSPS) is 15.3. The molecule has 6 rings (SSSR count). The van der Waals surface area contributed by atoms with Crippen molar-refractivity contribution >= 4 is 49.3 Å². The number of amides is 1. The smallest absolute Gasteiger partial charge is 0.296 e. The molecule has 1 amide bonds. The van der Waals surface area contributed by atoms with Crippen LogP contribution in [0.5, 0.6) is 17.2 Å². The van der Waals surface area contributed by atoms with Gasteiger partial charge in [0, 0.05) is 5.39 Å². The van der Waals surface area contributed by atoms with Gasteiger partial charge in [-0.05, 0) is 55.0 Å². The number of fused-ring (bicyclic) bond motifs is 2. The number of ketones is 1. The van der Waals surface area contributed by atoms with E-state index >= 15 is 0 Å². The quantitative estimate of drug-likeness (QED) is 0.224. The predicted octanol–water partition coefficient (Wildman–Crippen LogP) is 6.24. The molecule has 0 bridgehead atoms. The summed E-state index contributed by atoms with van der Waals surface area (Å²) in [6.07, 6.45) is 0. The maximum Gasteiger partial charge on any atom is 0.296 e. The second kappa shape index (κ2) is 10.0. The Labute approximate surface area is 232 Å². The number of carbonyl (C=O) groups excluding carboxylic acids is 2. The fraction of sp³-hybridized carbons (Fsp3) is 0.167. The van der Waals surface area contributed by atoms with E-state index in [2.05, 4.69) is 4.98 Å². The lowest BCUT2D eigenvalue weighted by molar-refractivity contribution is -0.117. The van der Waals surface area contributed by atoms with Gasteiger partial charge in [-0.2, -0.15) is 0 Å².